The predicted molar refractivity (Wildman–Crippen MR) is 96.0 cm³/mol. The maximum atomic E-state index is 13.7. The van der Waals surface area contributed by atoms with Crippen molar-refractivity contribution in [3.63, 3.8) is 0 Å². The second kappa shape index (κ2) is 8.63. The molecule has 1 aliphatic heterocycles. The molecule has 1 saturated heterocycles. The zero-order chi connectivity index (χ0) is 17.1. The zero-order valence-electron chi connectivity index (χ0n) is 14.1. The molecule has 7 heteroatoms. The van der Waals surface area contributed by atoms with Crippen LogP contribution in [0.1, 0.15) is 42.5 Å². The van der Waals surface area contributed by atoms with Gasteiger partial charge in [-0.05, 0) is 44.2 Å². The number of carbonyl (C=O) groups is 2. The maximum absolute atomic E-state index is 13.7. The van der Waals surface area contributed by atoms with Gasteiger partial charge >= 0.3 is 0 Å². The summed E-state index contributed by atoms with van der Waals surface area (Å²) in [6.45, 7) is 1.06. The number of benzene rings is 1. The third-order valence-corrected chi connectivity index (χ3v) is 5.08. The van der Waals surface area contributed by atoms with E-state index in [1.807, 2.05) is 0 Å². The first kappa shape index (κ1) is 19.7. The molecule has 2 amide bonds. The van der Waals surface area contributed by atoms with Crippen molar-refractivity contribution in [1.29, 1.82) is 0 Å². The molecule has 138 valence electrons. The number of likely N-dealkylation sites (tertiary alicyclic amines) is 1. The van der Waals surface area contributed by atoms with Crippen LogP contribution in [0.3, 0.4) is 0 Å². The summed E-state index contributed by atoms with van der Waals surface area (Å²) >= 11 is 0. The van der Waals surface area contributed by atoms with Gasteiger partial charge in [0.05, 0.1) is 5.56 Å². The van der Waals surface area contributed by atoms with Gasteiger partial charge in [-0.1, -0.05) is 12.1 Å². The van der Waals surface area contributed by atoms with Gasteiger partial charge in [0, 0.05) is 31.1 Å². The fraction of sp³-hybridized carbons (Fsp3) is 0.556. The highest BCUT2D eigenvalue weighted by molar-refractivity contribution is 5.94. The van der Waals surface area contributed by atoms with Crippen LogP contribution < -0.4 is 11.1 Å². The van der Waals surface area contributed by atoms with Crippen LogP contribution in [0.5, 0.6) is 0 Å². The van der Waals surface area contributed by atoms with Crippen LogP contribution in [0.25, 0.3) is 0 Å². The molecule has 3 rings (SSSR count). The molecule has 2 fully saturated rings. The van der Waals surface area contributed by atoms with Crippen molar-refractivity contribution in [1.82, 2.24) is 10.2 Å². The van der Waals surface area contributed by atoms with Crippen LogP contribution in [0.2, 0.25) is 0 Å². The van der Waals surface area contributed by atoms with E-state index in [-0.39, 0.29) is 47.8 Å². The van der Waals surface area contributed by atoms with Gasteiger partial charge in [0.2, 0.25) is 5.91 Å². The minimum absolute atomic E-state index is 0. The fourth-order valence-corrected chi connectivity index (χ4v) is 3.61. The number of piperidine rings is 1. The molecule has 1 aliphatic carbocycles. The van der Waals surface area contributed by atoms with Gasteiger partial charge in [0.25, 0.3) is 5.91 Å². The SMILES string of the molecule is Cl.NC1CCC(C(=O)NC2CCN(C(=O)c3ccccc3F)CC2)C1. The number of rotatable bonds is 3. The lowest BCUT2D eigenvalue weighted by molar-refractivity contribution is -0.125. The quantitative estimate of drug-likeness (QED) is 0.856. The molecule has 0 radical (unpaired) electrons. The summed E-state index contributed by atoms with van der Waals surface area (Å²) in [7, 11) is 0. The lowest BCUT2D eigenvalue weighted by Gasteiger charge is -2.33. The van der Waals surface area contributed by atoms with E-state index in [0.29, 0.717) is 25.9 Å². The minimum atomic E-state index is -0.490. The third-order valence-electron chi connectivity index (χ3n) is 5.08. The molecule has 1 aromatic carbocycles. The van der Waals surface area contributed by atoms with Crippen molar-refractivity contribution in [3.8, 4) is 0 Å². The smallest absolute Gasteiger partial charge is 0.256 e. The van der Waals surface area contributed by atoms with Crippen molar-refractivity contribution in [3.05, 3.63) is 35.6 Å². The number of nitrogens with one attached hydrogen (secondary N) is 1. The molecule has 2 unspecified atom stereocenters. The van der Waals surface area contributed by atoms with Crippen LogP contribution in [-0.2, 0) is 4.79 Å². The van der Waals surface area contributed by atoms with E-state index in [1.165, 1.54) is 12.1 Å². The van der Waals surface area contributed by atoms with Crippen molar-refractivity contribution in [2.75, 3.05) is 13.1 Å². The van der Waals surface area contributed by atoms with E-state index >= 15 is 0 Å². The van der Waals surface area contributed by atoms with Crippen molar-refractivity contribution < 1.29 is 14.0 Å². The van der Waals surface area contributed by atoms with Crippen molar-refractivity contribution in [2.45, 2.75) is 44.2 Å². The van der Waals surface area contributed by atoms with E-state index in [1.54, 1.807) is 17.0 Å². The van der Waals surface area contributed by atoms with E-state index in [9.17, 15) is 14.0 Å². The first-order valence-corrected chi connectivity index (χ1v) is 8.64. The number of hydrogen-bond donors (Lipinski definition) is 2. The Kier molecular flexibility index (Phi) is 6.79. The van der Waals surface area contributed by atoms with Gasteiger partial charge in [-0.25, -0.2) is 4.39 Å². The van der Waals surface area contributed by atoms with Crippen molar-refractivity contribution in [2.24, 2.45) is 11.7 Å². The second-order valence-corrected chi connectivity index (χ2v) is 6.82. The number of nitrogens with zero attached hydrogens (tertiary/aromatic N) is 1. The Morgan fingerprint density at radius 3 is 2.40 bits per heavy atom. The highest BCUT2D eigenvalue weighted by Crippen LogP contribution is 2.25. The molecule has 0 spiro atoms. The van der Waals surface area contributed by atoms with Gasteiger partial charge in [-0.15, -0.1) is 12.4 Å². The number of halogens is 2. The summed E-state index contributed by atoms with van der Waals surface area (Å²) in [5, 5.41) is 3.09. The molecule has 1 heterocycles. The second-order valence-electron chi connectivity index (χ2n) is 6.82. The van der Waals surface area contributed by atoms with Crippen molar-refractivity contribution >= 4 is 24.2 Å². The normalized spacial score (nSPS) is 23.8. The predicted octanol–water partition coefficient (Wildman–Crippen LogP) is 2.10. The van der Waals surface area contributed by atoms with E-state index in [0.717, 1.165) is 19.3 Å². The third kappa shape index (κ3) is 4.70. The summed E-state index contributed by atoms with van der Waals surface area (Å²) in [5.41, 5.74) is 5.97. The highest BCUT2D eigenvalue weighted by Gasteiger charge is 2.31. The summed E-state index contributed by atoms with van der Waals surface area (Å²) < 4.78 is 13.7. The average Bonchev–Trinajstić information content (AvgIpc) is 3.02. The van der Waals surface area contributed by atoms with Gasteiger partial charge in [0.1, 0.15) is 5.82 Å². The molecule has 1 saturated carbocycles. The Morgan fingerprint density at radius 2 is 1.80 bits per heavy atom. The highest BCUT2D eigenvalue weighted by atomic mass is 35.5. The first-order valence-electron chi connectivity index (χ1n) is 8.64. The van der Waals surface area contributed by atoms with Gasteiger partial charge in [-0.3, -0.25) is 9.59 Å². The molecular weight excluding hydrogens is 345 g/mol. The monoisotopic (exact) mass is 369 g/mol. The Hall–Kier alpha value is -1.66. The molecule has 2 aliphatic rings. The van der Waals surface area contributed by atoms with E-state index in [2.05, 4.69) is 5.32 Å². The number of amides is 2. The molecule has 0 aromatic heterocycles. The molecule has 3 N–H and O–H groups in total. The van der Waals surface area contributed by atoms with Crippen LogP contribution in [0, 0.1) is 11.7 Å². The van der Waals surface area contributed by atoms with Gasteiger partial charge in [0.15, 0.2) is 0 Å². The average molecular weight is 370 g/mol. The standard InChI is InChI=1S/C18H24FN3O2.ClH/c19-16-4-2-1-3-15(16)18(24)22-9-7-14(8-10-22)21-17(23)12-5-6-13(20)11-12;/h1-4,12-14H,5-11,20H2,(H,21,23);1H. The van der Waals surface area contributed by atoms with E-state index < -0.39 is 5.82 Å². The molecule has 0 bridgehead atoms. The minimum Gasteiger partial charge on any atom is -0.353 e. The maximum Gasteiger partial charge on any atom is 0.256 e. The Morgan fingerprint density at radius 1 is 1.12 bits per heavy atom. The number of hydrogen-bond acceptors (Lipinski definition) is 3. The Labute approximate surface area is 153 Å². The first-order chi connectivity index (χ1) is 11.5. The van der Waals surface area contributed by atoms with E-state index in [4.69, 9.17) is 5.73 Å². The van der Waals surface area contributed by atoms with Gasteiger partial charge in [-0.2, -0.15) is 0 Å². The lowest BCUT2D eigenvalue weighted by atomic mass is 10.0. The van der Waals surface area contributed by atoms with Crippen LogP contribution >= 0.6 is 12.4 Å². The Balaban J connectivity index is 0.00000225. The molecule has 5 nitrogen and oxygen atoms in total. The van der Waals surface area contributed by atoms with Gasteiger partial charge < -0.3 is 16.0 Å². The van der Waals surface area contributed by atoms with Crippen LogP contribution in [0.4, 0.5) is 4.39 Å². The molecule has 25 heavy (non-hydrogen) atoms. The van der Waals surface area contributed by atoms with Crippen LogP contribution in [0.15, 0.2) is 24.3 Å². The topological polar surface area (TPSA) is 75.4 Å². The number of carbonyl (C=O) groups excluding carboxylic acids is 2. The zero-order valence-corrected chi connectivity index (χ0v) is 14.9. The van der Waals surface area contributed by atoms with Crippen LogP contribution in [-0.4, -0.2) is 41.9 Å². The summed E-state index contributed by atoms with van der Waals surface area (Å²) in [4.78, 5) is 26.3. The molecule has 1 aromatic rings. The summed E-state index contributed by atoms with van der Waals surface area (Å²) in [6.07, 6.45) is 3.93. The number of nitrogens with two attached hydrogens (primary N) is 1. The fourth-order valence-electron chi connectivity index (χ4n) is 3.61. The largest absolute Gasteiger partial charge is 0.353 e. The molecular formula is C18H25ClFN3O2. The summed E-state index contributed by atoms with van der Waals surface area (Å²) in [6, 6.07) is 6.26. The molecule has 2 atom stereocenters. The Bertz CT molecular complexity index is 620. The lowest BCUT2D eigenvalue weighted by Crippen LogP contribution is -2.47. The summed E-state index contributed by atoms with van der Waals surface area (Å²) in [5.74, 6) is -0.657.